The molecule has 1 fully saturated rings. The van der Waals surface area contributed by atoms with Gasteiger partial charge < -0.3 is 5.11 Å². The van der Waals surface area contributed by atoms with Crippen LogP contribution in [0, 0.1) is 0 Å². The van der Waals surface area contributed by atoms with Gasteiger partial charge in [-0.1, -0.05) is 54.1 Å². The minimum Gasteiger partial charge on any atom is -0.480 e. The zero-order chi connectivity index (χ0) is 25.4. The lowest BCUT2D eigenvalue weighted by molar-refractivity contribution is -0.140. The molecule has 0 saturated heterocycles. The number of hydrogen-bond acceptors (Lipinski definition) is 5. The summed E-state index contributed by atoms with van der Waals surface area (Å²) in [5, 5.41) is 15.2. The van der Waals surface area contributed by atoms with Crippen LogP contribution in [-0.4, -0.2) is 34.8 Å². The number of aryl methyl sites for hydroxylation is 1. The number of thiophene rings is 1. The van der Waals surface area contributed by atoms with Crippen molar-refractivity contribution < 1.29 is 18.3 Å². The lowest BCUT2D eigenvalue weighted by Gasteiger charge is -2.24. The largest absolute Gasteiger partial charge is 0.480 e. The highest BCUT2D eigenvalue weighted by Gasteiger charge is 2.74. The van der Waals surface area contributed by atoms with Crippen molar-refractivity contribution in [3.63, 3.8) is 0 Å². The topological polar surface area (TPSA) is 101 Å². The van der Waals surface area contributed by atoms with Crippen LogP contribution in [0.5, 0.6) is 0 Å². The number of aromatic nitrogens is 2. The number of nitrogens with one attached hydrogen (secondary N) is 1. The molecule has 2 aromatic carbocycles. The summed E-state index contributed by atoms with van der Waals surface area (Å²) in [7, 11) is -4.10. The van der Waals surface area contributed by atoms with Crippen LogP contribution in [0.4, 0.5) is 0 Å². The Morgan fingerprint density at radius 2 is 1.83 bits per heavy atom. The van der Waals surface area contributed by atoms with Crippen LogP contribution in [0.1, 0.15) is 24.8 Å². The van der Waals surface area contributed by atoms with Crippen molar-refractivity contribution in [1.29, 1.82) is 0 Å². The molecule has 2 N–H and O–H groups in total. The maximum Gasteiger partial charge on any atom is 0.325 e. The normalized spacial score (nSPS) is 21.4. The van der Waals surface area contributed by atoms with E-state index in [9.17, 15) is 18.3 Å². The lowest BCUT2D eigenvalue weighted by Crippen LogP contribution is -2.48. The number of halogens is 1. The molecular formula is C26H24ClN3O4S2. The SMILES string of the molecule is O=C(O)C1(NS(=O)(=O)c2ccc(-c3ccc(Cl)cc3)s2)CC1(CCCn1cccn1)c1ccccc1. The summed E-state index contributed by atoms with van der Waals surface area (Å²) in [5.74, 6) is -1.18. The minimum absolute atomic E-state index is 0.0680. The molecule has 0 spiro atoms. The summed E-state index contributed by atoms with van der Waals surface area (Å²) in [6.07, 6.45) is 4.86. The van der Waals surface area contributed by atoms with Gasteiger partial charge in [-0.15, -0.1) is 11.3 Å². The van der Waals surface area contributed by atoms with E-state index in [0.717, 1.165) is 27.3 Å². The summed E-state index contributed by atoms with van der Waals surface area (Å²) in [6, 6.07) is 21.5. The third-order valence-corrected chi connectivity index (χ3v) is 10.2. The standard InChI is InChI=1S/C26H24ClN3O4S2/c27-21-10-8-19(9-11-21)22-12-13-23(35-22)36(33,34)29-26(24(31)32)18-25(26,20-6-2-1-3-7-20)14-4-16-30-17-5-15-28-30/h1-3,5-13,15,17,29H,4,14,16,18H2,(H,31,32). The number of rotatable bonds is 10. The van der Waals surface area contributed by atoms with Crippen molar-refractivity contribution in [3.05, 3.63) is 95.8 Å². The number of aliphatic carboxylic acids is 1. The van der Waals surface area contributed by atoms with Crippen LogP contribution in [-0.2, 0) is 26.8 Å². The van der Waals surface area contributed by atoms with Crippen molar-refractivity contribution in [2.75, 3.05) is 0 Å². The Labute approximate surface area is 218 Å². The van der Waals surface area contributed by atoms with Crippen molar-refractivity contribution in [2.45, 2.75) is 41.0 Å². The fraction of sp³-hybridized carbons (Fsp3) is 0.231. The summed E-state index contributed by atoms with van der Waals surface area (Å²) < 4.78 is 31.4. The Kier molecular flexibility index (Phi) is 6.50. The van der Waals surface area contributed by atoms with E-state index in [4.69, 9.17) is 11.6 Å². The molecule has 0 radical (unpaired) electrons. The van der Waals surface area contributed by atoms with E-state index < -0.39 is 26.9 Å². The number of sulfonamides is 1. The van der Waals surface area contributed by atoms with Gasteiger partial charge in [-0.3, -0.25) is 9.48 Å². The van der Waals surface area contributed by atoms with Gasteiger partial charge in [0.2, 0.25) is 0 Å². The summed E-state index contributed by atoms with van der Waals surface area (Å²) in [4.78, 5) is 13.4. The van der Waals surface area contributed by atoms with Crippen molar-refractivity contribution in [1.82, 2.24) is 14.5 Å². The third kappa shape index (κ3) is 4.48. The van der Waals surface area contributed by atoms with Gasteiger partial charge in [0, 0.05) is 34.3 Å². The Bertz CT molecular complexity index is 1470. The second kappa shape index (κ2) is 9.48. The molecule has 36 heavy (non-hydrogen) atoms. The summed E-state index contributed by atoms with van der Waals surface area (Å²) in [6.45, 7) is 0.611. The summed E-state index contributed by atoms with van der Waals surface area (Å²) in [5.41, 5.74) is -0.857. The number of carboxylic acid groups (broad SMARTS) is 1. The van der Waals surface area contributed by atoms with E-state index >= 15 is 0 Å². The molecule has 2 unspecified atom stereocenters. The molecule has 5 rings (SSSR count). The number of carbonyl (C=O) groups is 1. The first-order chi connectivity index (χ1) is 17.3. The minimum atomic E-state index is -4.10. The highest BCUT2D eigenvalue weighted by atomic mass is 35.5. The average molecular weight is 542 g/mol. The molecular weight excluding hydrogens is 518 g/mol. The molecule has 0 aliphatic heterocycles. The quantitative estimate of drug-likeness (QED) is 0.288. The van der Waals surface area contributed by atoms with Crippen LogP contribution in [0.25, 0.3) is 10.4 Å². The van der Waals surface area contributed by atoms with Gasteiger partial charge in [0.1, 0.15) is 9.75 Å². The number of benzene rings is 2. The van der Waals surface area contributed by atoms with Crippen molar-refractivity contribution >= 4 is 38.9 Å². The zero-order valence-electron chi connectivity index (χ0n) is 19.2. The zero-order valence-corrected chi connectivity index (χ0v) is 21.6. The number of carboxylic acids is 1. The molecule has 186 valence electrons. The van der Waals surface area contributed by atoms with E-state index in [0.29, 0.717) is 24.4 Å². The second-order valence-corrected chi connectivity index (χ2v) is 12.4. The molecule has 1 aliphatic rings. The fourth-order valence-corrected chi connectivity index (χ4v) is 7.77. The van der Waals surface area contributed by atoms with Crippen LogP contribution >= 0.6 is 22.9 Å². The predicted octanol–water partition coefficient (Wildman–Crippen LogP) is 5.19. The summed E-state index contributed by atoms with van der Waals surface area (Å²) >= 11 is 7.06. The van der Waals surface area contributed by atoms with Gasteiger partial charge in [-0.25, -0.2) is 8.42 Å². The van der Waals surface area contributed by atoms with Gasteiger partial charge in [0.25, 0.3) is 10.0 Å². The Morgan fingerprint density at radius 1 is 1.08 bits per heavy atom. The molecule has 2 aromatic heterocycles. The van der Waals surface area contributed by atoms with Crippen LogP contribution in [0.2, 0.25) is 5.02 Å². The highest BCUT2D eigenvalue weighted by Crippen LogP contribution is 2.61. The third-order valence-electron chi connectivity index (χ3n) is 6.78. The predicted molar refractivity (Wildman–Crippen MR) is 140 cm³/mol. The Hall–Kier alpha value is -2.98. The smallest absolute Gasteiger partial charge is 0.325 e. The first kappa shape index (κ1) is 24.7. The molecule has 4 aromatic rings. The van der Waals surface area contributed by atoms with Crippen molar-refractivity contribution in [2.24, 2.45) is 0 Å². The molecule has 2 atom stereocenters. The van der Waals surface area contributed by atoms with Gasteiger partial charge >= 0.3 is 5.97 Å². The van der Waals surface area contributed by atoms with E-state index in [1.54, 1.807) is 29.1 Å². The molecule has 2 heterocycles. The average Bonchev–Trinajstić information content (AvgIpc) is 3.26. The Balaban J connectivity index is 1.44. The van der Waals surface area contributed by atoms with Crippen molar-refractivity contribution in [3.8, 4) is 10.4 Å². The van der Waals surface area contributed by atoms with Crippen LogP contribution in [0.15, 0.2) is 89.4 Å². The highest BCUT2D eigenvalue weighted by molar-refractivity contribution is 7.91. The first-order valence-electron chi connectivity index (χ1n) is 11.4. The van der Waals surface area contributed by atoms with Gasteiger partial charge in [-0.2, -0.15) is 9.82 Å². The lowest BCUT2D eigenvalue weighted by atomic mass is 9.86. The molecule has 7 nitrogen and oxygen atoms in total. The van der Waals surface area contributed by atoms with Crippen LogP contribution in [0.3, 0.4) is 0 Å². The van der Waals surface area contributed by atoms with E-state index in [1.165, 1.54) is 6.07 Å². The molecule has 10 heteroatoms. The Morgan fingerprint density at radius 3 is 2.50 bits per heavy atom. The molecule has 1 aliphatic carbocycles. The van der Waals surface area contributed by atoms with E-state index in [2.05, 4.69) is 9.82 Å². The van der Waals surface area contributed by atoms with Gasteiger partial charge in [0.15, 0.2) is 0 Å². The number of nitrogens with zero attached hydrogens (tertiary/aromatic N) is 2. The monoisotopic (exact) mass is 541 g/mol. The first-order valence-corrected chi connectivity index (χ1v) is 14.1. The number of hydrogen-bond donors (Lipinski definition) is 2. The van der Waals surface area contributed by atoms with Gasteiger partial charge in [-0.05, 0) is 60.7 Å². The maximum absolute atomic E-state index is 13.5. The maximum atomic E-state index is 13.5. The molecule has 1 saturated carbocycles. The molecule has 0 amide bonds. The van der Waals surface area contributed by atoms with Gasteiger partial charge in [0.05, 0.1) is 0 Å². The van der Waals surface area contributed by atoms with Crippen LogP contribution < -0.4 is 4.72 Å². The second-order valence-electron chi connectivity index (χ2n) is 8.94. The van der Waals surface area contributed by atoms with E-state index in [1.807, 2.05) is 54.7 Å². The fourth-order valence-electron chi connectivity index (χ4n) is 4.91. The molecule has 0 bridgehead atoms. The van der Waals surface area contributed by atoms with E-state index in [-0.39, 0.29) is 10.6 Å².